The number of nitrogens with one attached hydrogen (secondary N) is 1. The molecule has 142 valence electrons. The molecule has 0 spiro atoms. The first-order valence-corrected chi connectivity index (χ1v) is 10.3. The highest BCUT2D eigenvalue weighted by molar-refractivity contribution is 7.17. The molecule has 6 nitrogen and oxygen atoms in total. The fourth-order valence-corrected chi connectivity index (χ4v) is 5.01. The molecule has 1 aromatic carbocycles. The minimum Gasteiger partial charge on any atom is -0.365 e. The average Bonchev–Trinajstić information content (AvgIpc) is 3.31. The Morgan fingerprint density at radius 1 is 1.21 bits per heavy atom. The molecule has 0 saturated heterocycles. The summed E-state index contributed by atoms with van der Waals surface area (Å²) in [5.41, 5.74) is 9.43. The summed E-state index contributed by atoms with van der Waals surface area (Å²) in [4.78, 5) is 30.8. The number of amides is 2. The third kappa shape index (κ3) is 3.32. The minimum atomic E-state index is -0.530. The molecule has 4 aromatic rings. The van der Waals surface area contributed by atoms with Gasteiger partial charge in [0.1, 0.15) is 5.00 Å². The van der Waals surface area contributed by atoms with E-state index in [-0.39, 0.29) is 12.3 Å². The molecular weight excluding hydrogens is 392 g/mol. The lowest BCUT2D eigenvalue weighted by Gasteiger charge is -2.05. The Morgan fingerprint density at radius 2 is 1.96 bits per heavy atom. The molecule has 4 rings (SSSR count). The maximum atomic E-state index is 12.6. The smallest absolute Gasteiger partial charge is 0.251 e. The van der Waals surface area contributed by atoms with Gasteiger partial charge in [0.05, 0.1) is 17.7 Å². The van der Waals surface area contributed by atoms with Crippen molar-refractivity contribution < 1.29 is 9.59 Å². The number of hydrogen-bond acceptors (Lipinski definition) is 5. The number of benzene rings is 1. The predicted molar refractivity (Wildman–Crippen MR) is 113 cm³/mol. The average molecular weight is 411 g/mol. The molecule has 8 heteroatoms. The number of hydrogen-bond donors (Lipinski definition) is 2. The van der Waals surface area contributed by atoms with Crippen molar-refractivity contribution in [2.24, 2.45) is 5.73 Å². The van der Waals surface area contributed by atoms with Crippen LogP contribution < -0.4 is 11.1 Å². The van der Waals surface area contributed by atoms with Crippen molar-refractivity contribution >= 4 is 44.4 Å². The normalized spacial score (nSPS) is 11.1. The van der Waals surface area contributed by atoms with E-state index in [4.69, 9.17) is 5.73 Å². The van der Waals surface area contributed by atoms with Crippen molar-refractivity contribution in [3.05, 3.63) is 63.6 Å². The maximum Gasteiger partial charge on any atom is 0.251 e. The number of fused-ring (bicyclic) bond motifs is 1. The largest absolute Gasteiger partial charge is 0.365 e. The van der Waals surface area contributed by atoms with E-state index in [1.165, 1.54) is 22.7 Å². The predicted octanol–water partition coefficient (Wildman–Crippen LogP) is 4.02. The van der Waals surface area contributed by atoms with Gasteiger partial charge in [-0.3, -0.25) is 14.0 Å². The van der Waals surface area contributed by atoms with E-state index in [0.717, 1.165) is 32.4 Å². The minimum absolute atomic E-state index is 0.179. The number of thiazole rings is 1. The number of aryl methyl sites for hydroxylation is 1. The lowest BCUT2D eigenvalue weighted by molar-refractivity contribution is -0.115. The number of nitrogens with two attached hydrogens (primary N) is 1. The Bertz CT molecular complexity index is 1190. The molecule has 0 aliphatic rings. The Labute approximate surface area is 169 Å². The van der Waals surface area contributed by atoms with Gasteiger partial charge in [0.15, 0.2) is 4.96 Å². The van der Waals surface area contributed by atoms with Crippen molar-refractivity contribution in [3.63, 3.8) is 0 Å². The van der Waals surface area contributed by atoms with Crippen LogP contribution in [-0.2, 0) is 11.2 Å². The number of aromatic nitrogens is 2. The number of carbonyl (C=O) groups excluding carboxylic acids is 2. The summed E-state index contributed by atoms with van der Waals surface area (Å²) in [6.45, 7) is 3.74. The Kier molecular flexibility index (Phi) is 4.74. The number of nitrogens with zero attached hydrogens (tertiary/aromatic N) is 2. The van der Waals surface area contributed by atoms with Crippen LogP contribution in [0.1, 0.15) is 26.5 Å². The van der Waals surface area contributed by atoms with Gasteiger partial charge in [-0.25, -0.2) is 4.98 Å². The third-order valence-corrected chi connectivity index (χ3v) is 6.59. The van der Waals surface area contributed by atoms with Crippen LogP contribution in [0, 0.1) is 13.8 Å². The molecule has 0 aliphatic heterocycles. The first kappa shape index (κ1) is 18.4. The highest BCUT2D eigenvalue weighted by atomic mass is 32.1. The molecule has 0 unspecified atom stereocenters. The molecule has 0 aliphatic carbocycles. The highest BCUT2D eigenvalue weighted by Gasteiger charge is 2.20. The summed E-state index contributed by atoms with van der Waals surface area (Å²) in [5.74, 6) is -0.726. The molecule has 0 atom stereocenters. The van der Waals surface area contributed by atoms with Crippen LogP contribution in [0.25, 0.3) is 16.2 Å². The van der Waals surface area contributed by atoms with Crippen LogP contribution in [0.3, 0.4) is 0 Å². The van der Waals surface area contributed by atoms with Crippen LogP contribution >= 0.6 is 22.7 Å². The first-order chi connectivity index (χ1) is 13.4. The van der Waals surface area contributed by atoms with E-state index in [0.29, 0.717) is 10.6 Å². The summed E-state index contributed by atoms with van der Waals surface area (Å²) in [6, 6.07) is 9.92. The van der Waals surface area contributed by atoms with Crippen LogP contribution in [0.15, 0.2) is 41.9 Å². The number of rotatable bonds is 5. The van der Waals surface area contributed by atoms with Crippen molar-refractivity contribution in [2.75, 3.05) is 5.32 Å². The molecule has 0 saturated carbocycles. The van der Waals surface area contributed by atoms with E-state index >= 15 is 0 Å². The third-order valence-electron chi connectivity index (χ3n) is 4.58. The summed E-state index contributed by atoms with van der Waals surface area (Å²) in [5, 5.41) is 5.28. The van der Waals surface area contributed by atoms with E-state index < -0.39 is 5.91 Å². The van der Waals surface area contributed by atoms with Crippen molar-refractivity contribution in [3.8, 4) is 11.3 Å². The Balaban J connectivity index is 1.57. The van der Waals surface area contributed by atoms with Gasteiger partial charge in [-0.1, -0.05) is 30.3 Å². The second kappa shape index (κ2) is 7.21. The van der Waals surface area contributed by atoms with Crippen LogP contribution in [0.2, 0.25) is 0 Å². The fraction of sp³-hybridized carbons (Fsp3) is 0.150. The SMILES string of the molecule is Cc1sc(NC(=O)Cc2csc3nc(-c4ccccc4)cn23)c(C(N)=O)c1C. The lowest BCUT2D eigenvalue weighted by Crippen LogP contribution is -2.19. The van der Waals surface area contributed by atoms with Gasteiger partial charge in [0.2, 0.25) is 5.91 Å². The standard InChI is InChI=1S/C20H18N4O2S2/c1-11-12(2)28-19(17(11)18(21)26)23-16(25)8-14-10-27-20-22-15(9-24(14)20)13-6-4-3-5-7-13/h3-7,9-10H,8H2,1-2H3,(H2,21,26)(H,23,25). The highest BCUT2D eigenvalue weighted by Crippen LogP contribution is 2.32. The van der Waals surface area contributed by atoms with E-state index in [1.807, 2.05) is 60.2 Å². The first-order valence-electron chi connectivity index (χ1n) is 8.64. The molecule has 3 N–H and O–H groups in total. The van der Waals surface area contributed by atoms with Gasteiger partial charge in [0, 0.05) is 27.7 Å². The summed E-state index contributed by atoms with van der Waals surface area (Å²) in [7, 11) is 0. The molecular formula is C20H18N4O2S2. The zero-order valence-corrected chi connectivity index (χ0v) is 17.0. The number of carbonyl (C=O) groups is 2. The lowest BCUT2D eigenvalue weighted by atomic mass is 10.1. The molecule has 0 radical (unpaired) electrons. The zero-order valence-electron chi connectivity index (χ0n) is 15.4. The fourth-order valence-electron chi connectivity index (χ4n) is 3.05. The van der Waals surface area contributed by atoms with Gasteiger partial charge in [-0.05, 0) is 19.4 Å². The number of imidazole rings is 1. The van der Waals surface area contributed by atoms with Crippen molar-refractivity contribution in [2.45, 2.75) is 20.3 Å². The van der Waals surface area contributed by atoms with Gasteiger partial charge in [-0.2, -0.15) is 0 Å². The second-order valence-corrected chi connectivity index (χ2v) is 8.51. The van der Waals surface area contributed by atoms with Crippen LogP contribution in [0.5, 0.6) is 0 Å². The quantitative estimate of drug-likeness (QED) is 0.521. The second-order valence-electron chi connectivity index (χ2n) is 6.45. The Hall–Kier alpha value is -2.97. The molecule has 28 heavy (non-hydrogen) atoms. The maximum absolute atomic E-state index is 12.6. The van der Waals surface area contributed by atoms with E-state index in [9.17, 15) is 9.59 Å². The van der Waals surface area contributed by atoms with Crippen LogP contribution in [0.4, 0.5) is 5.00 Å². The molecule has 0 fully saturated rings. The summed E-state index contributed by atoms with van der Waals surface area (Å²) >= 11 is 2.86. The number of anilines is 1. The number of primary amides is 1. The molecule has 0 bridgehead atoms. The van der Waals surface area contributed by atoms with Gasteiger partial charge >= 0.3 is 0 Å². The summed E-state index contributed by atoms with van der Waals surface area (Å²) in [6.07, 6.45) is 2.12. The number of thiophene rings is 1. The molecule has 2 amide bonds. The van der Waals surface area contributed by atoms with E-state index in [1.54, 1.807) is 0 Å². The van der Waals surface area contributed by atoms with Crippen molar-refractivity contribution in [1.82, 2.24) is 9.38 Å². The monoisotopic (exact) mass is 410 g/mol. The Morgan fingerprint density at radius 3 is 2.68 bits per heavy atom. The van der Waals surface area contributed by atoms with Gasteiger partial charge < -0.3 is 11.1 Å². The molecule has 3 heterocycles. The van der Waals surface area contributed by atoms with Crippen molar-refractivity contribution in [1.29, 1.82) is 0 Å². The van der Waals surface area contributed by atoms with Gasteiger partial charge in [0.25, 0.3) is 5.91 Å². The van der Waals surface area contributed by atoms with E-state index in [2.05, 4.69) is 10.3 Å². The topological polar surface area (TPSA) is 89.5 Å². The molecule has 3 aromatic heterocycles. The van der Waals surface area contributed by atoms with Gasteiger partial charge in [-0.15, -0.1) is 22.7 Å². The zero-order chi connectivity index (χ0) is 19.8. The van der Waals surface area contributed by atoms with Crippen LogP contribution in [-0.4, -0.2) is 21.2 Å². The summed E-state index contributed by atoms with van der Waals surface area (Å²) < 4.78 is 1.94.